The van der Waals surface area contributed by atoms with Crippen LogP contribution < -0.4 is 4.72 Å². The normalized spacial score (nSPS) is 11.5. The highest BCUT2D eigenvalue weighted by Crippen LogP contribution is 2.13. The molecule has 0 unspecified atom stereocenters. The van der Waals surface area contributed by atoms with Gasteiger partial charge >= 0.3 is 0 Å². The van der Waals surface area contributed by atoms with Crippen molar-refractivity contribution in [1.82, 2.24) is 19.8 Å². The Morgan fingerprint density at radius 2 is 2.12 bits per heavy atom. The Morgan fingerprint density at radius 1 is 1.36 bits per heavy atom. The molecule has 0 spiro atoms. The average Bonchev–Trinajstić information content (AvgIpc) is 3.05. The lowest BCUT2D eigenvalue weighted by atomic mass is 10.2. The SMILES string of the molecule is COCCc1nc(CNS(=O)(=O)c2cccc(C(=O)N(C)C)c2)no1. The van der Waals surface area contributed by atoms with Crippen LogP contribution in [-0.2, 0) is 27.7 Å². The summed E-state index contributed by atoms with van der Waals surface area (Å²) in [7, 11) is 0.934. The van der Waals surface area contributed by atoms with Gasteiger partial charge in [-0.05, 0) is 18.2 Å². The zero-order chi connectivity index (χ0) is 18.4. The second kappa shape index (κ2) is 8.19. The predicted molar refractivity (Wildman–Crippen MR) is 88.4 cm³/mol. The van der Waals surface area contributed by atoms with Crippen LogP contribution in [0.1, 0.15) is 22.1 Å². The highest BCUT2D eigenvalue weighted by molar-refractivity contribution is 7.89. The molecule has 1 amide bonds. The summed E-state index contributed by atoms with van der Waals surface area (Å²) in [4.78, 5) is 17.4. The number of carbonyl (C=O) groups is 1. The molecule has 1 aromatic carbocycles. The number of amides is 1. The third-order valence-electron chi connectivity index (χ3n) is 3.25. The van der Waals surface area contributed by atoms with Gasteiger partial charge in [0.05, 0.1) is 24.5 Å². The fourth-order valence-electron chi connectivity index (χ4n) is 1.95. The summed E-state index contributed by atoms with van der Waals surface area (Å²) in [5.74, 6) is 0.308. The highest BCUT2D eigenvalue weighted by atomic mass is 32.2. The maximum atomic E-state index is 12.4. The van der Waals surface area contributed by atoms with E-state index in [9.17, 15) is 13.2 Å². The van der Waals surface area contributed by atoms with Crippen molar-refractivity contribution in [3.8, 4) is 0 Å². The van der Waals surface area contributed by atoms with Gasteiger partial charge in [0.15, 0.2) is 5.82 Å². The van der Waals surface area contributed by atoms with Gasteiger partial charge < -0.3 is 14.2 Å². The molecule has 0 saturated heterocycles. The Morgan fingerprint density at radius 3 is 2.80 bits per heavy atom. The Hall–Kier alpha value is -2.30. The van der Waals surface area contributed by atoms with E-state index in [1.165, 1.54) is 23.1 Å². The third kappa shape index (κ3) is 5.08. The summed E-state index contributed by atoms with van der Waals surface area (Å²) in [5.41, 5.74) is 0.286. The van der Waals surface area contributed by atoms with Crippen molar-refractivity contribution >= 4 is 15.9 Å². The van der Waals surface area contributed by atoms with E-state index in [0.717, 1.165) is 0 Å². The van der Waals surface area contributed by atoms with Gasteiger partial charge in [0.25, 0.3) is 5.91 Å². The van der Waals surface area contributed by atoms with E-state index in [-0.39, 0.29) is 28.7 Å². The first-order chi connectivity index (χ1) is 11.8. The number of hydrogen-bond donors (Lipinski definition) is 1. The molecule has 0 bridgehead atoms. The van der Waals surface area contributed by atoms with E-state index in [1.54, 1.807) is 27.3 Å². The molecule has 0 aliphatic heterocycles. The van der Waals surface area contributed by atoms with E-state index in [4.69, 9.17) is 9.26 Å². The lowest BCUT2D eigenvalue weighted by Gasteiger charge is -2.11. The predicted octanol–water partition coefficient (Wildman–Crippen LogP) is 0.439. The van der Waals surface area contributed by atoms with Gasteiger partial charge in [-0.1, -0.05) is 11.2 Å². The van der Waals surface area contributed by atoms with Crippen molar-refractivity contribution < 1.29 is 22.5 Å². The Labute approximate surface area is 146 Å². The number of benzene rings is 1. The Balaban J connectivity index is 2.07. The molecule has 0 radical (unpaired) electrons. The lowest BCUT2D eigenvalue weighted by molar-refractivity contribution is 0.0827. The first-order valence-electron chi connectivity index (χ1n) is 7.45. The van der Waals surface area contributed by atoms with Crippen LogP contribution in [-0.4, -0.2) is 57.2 Å². The number of hydrogen-bond acceptors (Lipinski definition) is 7. The summed E-state index contributed by atoms with van der Waals surface area (Å²) in [5, 5.41) is 3.71. The Kier molecular flexibility index (Phi) is 6.23. The number of nitrogens with zero attached hydrogens (tertiary/aromatic N) is 3. The van der Waals surface area contributed by atoms with Crippen molar-refractivity contribution in [2.45, 2.75) is 17.9 Å². The molecular weight excluding hydrogens is 348 g/mol. The number of ether oxygens (including phenoxy) is 1. The minimum absolute atomic E-state index is 0.0108. The number of sulfonamides is 1. The number of carbonyl (C=O) groups excluding carboxylic acids is 1. The van der Waals surface area contributed by atoms with Crippen LogP contribution in [0.4, 0.5) is 0 Å². The third-order valence-corrected chi connectivity index (χ3v) is 4.65. The van der Waals surface area contributed by atoms with Crippen LogP contribution in [0, 0.1) is 0 Å². The molecule has 1 heterocycles. The number of methoxy groups -OCH3 is 1. The molecular formula is C15H20N4O5S. The molecule has 2 aromatic rings. The van der Waals surface area contributed by atoms with Crippen molar-refractivity contribution in [3.05, 3.63) is 41.5 Å². The van der Waals surface area contributed by atoms with Crippen LogP contribution in [0.3, 0.4) is 0 Å². The van der Waals surface area contributed by atoms with Crippen LogP contribution in [0.5, 0.6) is 0 Å². The highest BCUT2D eigenvalue weighted by Gasteiger charge is 2.18. The van der Waals surface area contributed by atoms with Gasteiger partial charge in [0.2, 0.25) is 15.9 Å². The lowest BCUT2D eigenvalue weighted by Crippen LogP contribution is -2.25. The van der Waals surface area contributed by atoms with Gasteiger partial charge in [-0.15, -0.1) is 0 Å². The van der Waals surface area contributed by atoms with Crippen molar-refractivity contribution in [2.24, 2.45) is 0 Å². The largest absolute Gasteiger partial charge is 0.384 e. The number of aromatic nitrogens is 2. The van der Waals surface area contributed by atoms with Gasteiger partial charge in [0.1, 0.15) is 0 Å². The smallest absolute Gasteiger partial charge is 0.253 e. The molecule has 0 fully saturated rings. The fraction of sp³-hybridized carbons (Fsp3) is 0.400. The molecule has 1 aromatic heterocycles. The van der Waals surface area contributed by atoms with Crippen LogP contribution >= 0.6 is 0 Å². The molecule has 1 N–H and O–H groups in total. The summed E-state index contributed by atoms with van der Waals surface area (Å²) in [6, 6.07) is 5.81. The van der Waals surface area contributed by atoms with Crippen molar-refractivity contribution in [1.29, 1.82) is 0 Å². The van der Waals surface area contributed by atoms with Crippen molar-refractivity contribution in [3.63, 3.8) is 0 Å². The molecule has 0 atom stereocenters. The minimum Gasteiger partial charge on any atom is -0.384 e. The maximum Gasteiger partial charge on any atom is 0.253 e. The first kappa shape index (κ1) is 19.0. The topological polar surface area (TPSA) is 115 Å². The fourth-order valence-corrected chi connectivity index (χ4v) is 2.98. The quantitative estimate of drug-likeness (QED) is 0.719. The van der Waals surface area contributed by atoms with E-state index < -0.39 is 10.0 Å². The van der Waals surface area contributed by atoms with E-state index in [2.05, 4.69) is 14.9 Å². The molecule has 0 aliphatic carbocycles. The van der Waals surface area contributed by atoms with Crippen LogP contribution in [0.2, 0.25) is 0 Å². The molecule has 10 heteroatoms. The first-order valence-corrected chi connectivity index (χ1v) is 8.93. The van der Waals surface area contributed by atoms with E-state index in [1.807, 2.05) is 0 Å². The molecule has 136 valence electrons. The summed E-state index contributed by atoms with van der Waals surface area (Å²) in [6.07, 6.45) is 0.449. The Bertz CT molecular complexity index is 832. The second-order valence-electron chi connectivity index (χ2n) is 5.40. The van der Waals surface area contributed by atoms with E-state index >= 15 is 0 Å². The summed E-state index contributed by atoms with van der Waals surface area (Å²) in [6.45, 7) is 0.310. The molecule has 2 rings (SSSR count). The molecule has 9 nitrogen and oxygen atoms in total. The number of nitrogens with one attached hydrogen (secondary N) is 1. The average molecular weight is 368 g/mol. The van der Waals surface area contributed by atoms with Gasteiger partial charge in [-0.25, -0.2) is 13.1 Å². The molecule has 0 saturated carbocycles. The van der Waals surface area contributed by atoms with Gasteiger partial charge in [-0.3, -0.25) is 4.79 Å². The minimum atomic E-state index is -3.81. The standard InChI is InChI=1S/C15H20N4O5S/c1-19(2)15(20)11-5-4-6-12(9-11)25(21,22)16-10-13-17-14(24-18-13)7-8-23-3/h4-6,9,16H,7-8,10H2,1-3H3. The van der Waals surface area contributed by atoms with E-state index in [0.29, 0.717) is 18.9 Å². The zero-order valence-electron chi connectivity index (χ0n) is 14.2. The molecule has 0 aliphatic rings. The van der Waals surface area contributed by atoms with Crippen LogP contribution in [0.15, 0.2) is 33.7 Å². The number of rotatable bonds is 8. The monoisotopic (exact) mass is 368 g/mol. The van der Waals surface area contributed by atoms with Gasteiger partial charge in [0, 0.05) is 26.8 Å². The summed E-state index contributed by atoms with van der Waals surface area (Å²) < 4.78 is 37.1. The van der Waals surface area contributed by atoms with Gasteiger partial charge in [-0.2, -0.15) is 4.98 Å². The van der Waals surface area contributed by atoms with Crippen LogP contribution in [0.25, 0.3) is 0 Å². The zero-order valence-corrected chi connectivity index (χ0v) is 15.0. The second-order valence-corrected chi connectivity index (χ2v) is 7.17. The molecule has 25 heavy (non-hydrogen) atoms. The summed E-state index contributed by atoms with van der Waals surface area (Å²) >= 11 is 0. The van der Waals surface area contributed by atoms with Crippen molar-refractivity contribution in [2.75, 3.05) is 27.8 Å². The maximum absolute atomic E-state index is 12.4.